The number of hydrogen-bond donors (Lipinski definition) is 0. The average molecular weight is 251 g/mol. The molecule has 2 aromatic heterocycles. The predicted octanol–water partition coefficient (Wildman–Crippen LogP) is 3.56. The average Bonchev–Trinajstić information content (AvgIpc) is 2.85. The van der Waals surface area contributed by atoms with Crippen LogP contribution in [0.3, 0.4) is 0 Å². The van der Waals surface area contributed by atoms with Crippen LogP contribution in [0.4, 0.5) is 0 Å². The Morgan fingerprint density at radius 1 is 1.21 bits per heavy atom. The summed E-state index contributed by atoms with van der Waals surface area (Å²) in [4.78, 5) is 16.5. The number of carbonyl (C=O) groups is 1. The van der Waals surface area contributed by atoms with E-state index in [2.05, 4.69) is 4.98 Å². The molecule has 0 aliphatic heterocycles. The zero-order valence-corrected chi connectivity index (χ0v) is 10.6. The minimum atomic E-state index is -0.00106. The molecular formula is C16H13NO2. The van der Waals surface area contributed by atoms with E-state index < -0.39 is 0 Å². The number of fused-ring (bicyclic) bond motifs is 1. The Morgan fingerprint density at radius 2 is 2.05 bits per heavy atom. The van der Waals surface area contributed by atoms with Crippen molar-refractivity contribution >= 4 is 16.7 Å². The second-order valence-corrected chi connectivity index (χ2v) is 4.52. The number of furan rings is 1. The van der Waals surface area contributed by atoms with Crippen molar-refractivity contribution in [2.75, 3.05) is 0 Å². The highest BCUT2D eigenvalue weighted by Crippen LogP contribution is 2.19. The van der Waals surface area contributed by atoms with Crippen LogP contribution in [-0.4, -0.2) is 10.8 Å². The van der Waals surface area contributed by atoms with Crippen LogP contribution < -0.4 is 0 Å². The smallest absolute Gasteiger partial charge is 0.202 e. The summed E-state index contributed by atoms with van der Waals surface area (Å²) in [6, 6.07) is 11.5. The minimum absolute atomic E-state index is 0.00106. The van der Waals surface area contributed by atoms with Crippen molar-refractivity contribution in [1.82, 2.24) is 4.98 Å². The SMILES string of the molecule is Cc1ccoc1C(=O)Cc1ccnc2ccccc12. The summed E-state index contributed by atoms with van der Waals surface area (Å²) in [6.45, 7) is 1.88. The number of hydrogen-bond acceptors (Lipinski definition) is 3. The summed E-state index contributed by atoms with van der Waals surface area (Å²) in [7, 11) is 0. The van der Waals surface area contributed by atoms with Crippen molar-refractivity contribution in [2.24, 2.45) is 0 Å². The molecule has 0 fully saturated rings. The third-order valence-corrected chi connectivity index (χ3v) is 3.21. The lowest BCUT2D eigenvalue weighted by Crippen LogP contribution is -2.04. The number of benzene rings is 1. The van der Waals surface area contributed by atoms with Crippen LogP contribution in [0.15, 0.2) is 53.3 Å². The lowest BCUT2D eigenvalue weighted by molar-refractivity contribution is 0.0966. The van der Waals surface area contributed by atoms with E-state index in [4.69, 9.17) is 4.42 Å². The molecule has 0 amide bonds. The molecule has 1 aromatic carbocycles. The van der Waals surface area contributed by atoms with Gasteiger partial charge in [-0.05, 0) is 36.2 Å². The molecular weight excluding hydrogens is 238 g/mol. The monoisotopic (exact) mass is 251 g/mol. The van der Waals surface area contributed by atoms with Gasteiger partial charge in [0.1, 0.15) is 0 Å². The van der Waals surface area contributed by atoms with Crippen molar-refractivity contribution in [2.45, 2.75) is 13.3 Å². The number of pyridine rings is 1. The Labute approximate surface area is 110 Å². The fourth-order valence-electron chi connectivity index (χ4n) is 2.22. The third kappa shape index (κ3) is 2.15. The highest BCUT2D eigenvalue weighted by Gasteiger charge is 2.14. The number of ketones is 1. The maximum Gasteiger partial charge on any atom is 0.202 e. The van der Waals surface area contributed by atoms with Crippen LogP contribution in [0.5, 0.6) is 0 Å². The van der Waals surface area contributed by atoms with Crippen LogP contribution in [0.2, 0.25) is 0 Å². The van der Waals surface area contributed by atoms with Gasteiger partial charge in [-0.2, -0.15) is 0 Å². The van der Waals surface area contributed by atoms with E-state index in [-0.39, 0.29) is 5.78 Å². The van der Waals surface area contributed by atoms with Crippen molar-refractivity contribution in [3.63, 3.8) is 0 Å². The first-order valence-electron chi connectivity index (χ1n) is 6.15. The summed E-state index contributed by atoms with van der Waals surface area (Å²) < 4.78 is 5.25. The molecule has 0 saturated carbocycles. The molecule has 0 saturated heterocycles. The largest absolute Gasteiger partial charge is 0.461 e. The molecule has 19 heavy (non-hydrogen) atoms. The van der Waals surface area contributed by atoms with Gasteiger partial charge in [0, 0.05) is 18.0 Å². The van der Waals surface area contributed by atoms with E-state index in [9.17, 15) is 4.79 Å². The molecule has 0 atom stereocenters. The summed E-state index contributed by atoms with van der Waals surface area (Å²) >= 11 is 0. The van der Waals surface area contributed by atoms with E-state index in [1.165, 1.54) is 0 Å². The van der Waals surface area contributed by atoms with Crippen molar-refractivity contribution in [3.8, 4) is 0 Å². The van der Waals surface area contributed by atoms with E-state index in [1.54, 1.807) is 18.5 Å². The van der Waals surface area contributed by atoms with Crippen molar-refractivity contribution < 1.29 is 9.21 Å². The first kappa shape index (κ1) is 11.7. The molecule has 3 rings (SSSR count). The predicted molar refractivity (Wildman–Crippen MR) is 73.2 cm³/mol. The topological polar surface area (TPSA) is 43.1 Å². The van der Waals surface area contributed by atoms with Gasteiger partial charge in [-0.3, -0.25) is 9.78 Å². The molecule has 0 aliphatic carbocycles. The van der Waals surface area contributed by atoms with Crippen LogP contribution in [0.1, 0.15) is 21.7 Å². The van der Waals surface area contributed by atoms with E-state index >= 15 is 0 Å². The molecule has 0 radical (unpaired) electrons. The molecule has 3 aromatic rings. The zero-order valence-electron chi connectivity index (χ0n) is 10.6. The molecule has 0 aliphatic rings. The zero-order chi connectivity index (χ0) is 13.2. The number of carbonyl (C=O) groups excluding carboxylic acids is 1. The Morgan fingerprint density at radius 3 is 2.84 bits per heavy atom. The molecule has 0 spiro atoms. The summed E-state index contributed by atoms with van der Waals surface area (Å²) in [5.41, 5.74) is 2.76. The van der Waals surface area contributed by atoms with Gasteiger partial charge in [0.2, 0.25) is 5.78 Å². The molecule has 3 nitrogen and oxygen atoms in total. The molecule has 94 valence electrons. The number of Topliss-reactive ketones (excluding diaryl/α,β-unsaturated/α-hetero) is 1. The number of aromatic nitrogens is 1. The number of para-hydroxylation sites is 1. The van der Waals surface area contributed by atoms with Gasteiger partial charge in [0.15, 0.2) is 5.76 Å². The fraction of sp³-hybridized carbons (Fsp3) is 0.125. The maximum atomic E-state index is 12.2. The van der Waals surface area contributed by atoms with Crippen LogP contribution >= 0.6 is 0 Å². The Bertz CT molecular complexity index is 738. The van der Waals surface area contributed by atoms with Gasteiger partial charge in [-0.15, -0.1) is 0 Å². The van der Waals surface area contributed by atoms with Crippen molar-refractivity contribution in [3.05, 3.63) is 65.7 Å². The van der Waals surface area contributed by atoms with Crippen LogP contribution in [0, 0.1) is 6.92 Å². The minimum Gasteiger partial charge on any atom is -0.461 e. The summed E-state index contributed by atoms with van der Waals surface area (Å²) in [5, 5.41) is 1.02. The van der Waals surface area contributed by atoms with Crippen LogP contribution in [-0.2, 0) is 6.42 Å². The second-order valence-electron chi connectivity index (χ2n) is 4.52. The summed E-state index contributed by atoms with van der Waals surface area (Å²) in [5.74, 6) is 0.444. The second kappa shape index (κ2) is 4.69. The van der Waals surface area contributed by atoms with E-state index in [0.717, 1.165) is 22.0 Å². The normalized spacial score (nSPS) is 10.8. The third-order valence-electron chi connectivity index (χ3n) is 3.21. The Hall–Kier alpha value is -2.42. The Balaban J connectivity index is 1.98. The first-order chi connectivity index (χ1) is 9.25. The van der Waals surface area contributed by atoms with Gasteiger partial charge in [0.05, 0.1) is 11.8 Å². The molecule has 0 N–H and O–H groups in total. The number of aryl methyl sites for hydroxylation is 1. The van der Waals surface area contributed by atoms with Gasteiger partial charge < -0.3 is 4.42 Å². The van der Waals surface area contributed by atoms with Gasteiger partial charge >= 0.3 is 0 Å². The van der Waals surface area contributed by atoms with Crippen LogP contribution in [0.25, 0.3) is 10.9 Å². The Kier molecular flexibility index (Phi) is 2.88. The van der Waals surface area contributed by atoms with E-state index in [0.29, 0.717) is 12.2 Å². The lowest BCUT2D eigenvalue weighted by Gasteiger charge is -2.04. The number of rotatable bonds is 3. The molecule has 3 heteroatoms. The van der Waals surface area contributed by atoms with Gasteiger partial charge in [-0.25, -0.2) is 0 Å². The van der Waals surface area contributed by atoms with Crippen molar-refractivity contribution in [1.29, 1.82) is 0 Å². The lowest BCUT2D eigenvalue weighted by atomic mass is 10.0. The molecule has 2 heterocycles. The number of nitrogens with zero attached hydrogens (tertiary/aromatic N) is 1. The molecule has 0 bridgehead atoms. The standard InChI is InChI=1S/C16H13NO2/c1-11-7-9-19-16(11)15(18)10-12-6-8-17-14-5-3-2-4-13(12)14/h2-9H,10H2,1H3. The quantitative estimate of drug-likeness (QED) is 0.668. The summed E-state index contributed by atoms with van der Waals surface area (Å²) in [6.07, 6.45) is 3.62. The van der Waals surface area contributed by atoms with Gasteiger partial charge in [0.25, 0.3) is 0 Å². The van der Waals surface area contributed by atoms with Gasteiger partial charge in [-0.1, -0.05) is 18.2 Å². The highest BCUT2D eigenvalue weighted by molar-refractivity contribution is 5.98. The molecule has 0 unspecified atom stereocenters. The first-order valence-corrected chi connectivity index (χ1v) is 6.15. The maximum absolute atomic E-state index is 12.2. The van der Waals surface area contributed by atoms with E-state index in [1.807, 2.05) is 37.3 Å². The fourth-order valence-corrected chi connectivity index (χ4v) is 2.22. The highest BCUT2D eigenvalue weighted by atomic mass is 16.3.